The summed E-state index contributed by atoms with van der Waals surface area (Å²) in [6.07, 6.45) is -1.09. The van der Waals surface area contributed by atoms with E-state index in [2.05, 4.69) is 4.74 Å². The van der Waals surface area contributed by atoms with Gasteiger partial charge in [-0.15, -0.1) is 0 Å². The molecule has 0 spiro atoms. The van der Waals surface area contributed by atoms with Crippen LogP contribution in [0.4, 0.5) is 0 Å². The Balaban J connectivity index is 4.87. The van der Waals surface area contributed by atoms with E-state index in [1.807, 2.05) is 0 Å². The molecule has 2 N–H and O–H groups in total. The molecule has 19 heavy (non-hydrogen) atoms. The highest BCUT2D eigenvalue weighted by Crippen LogP contribution is 2.19. The second-order valence-electron chi connectivity index (χ2n) is 5.55. The molecule has 0 bridgehead atoms. The number of carboxylic acids is 1. The van der Waals surface area contributed by atoms with Gasteiger partial charge in [-0.05, 0) is 0 Å². The van der Waals surface area contributed by atoms with Gasteiger partial charge >= 0.3 is 11.9 Å². The summed E-state index contributed by atoms with van der Waals surface area (Å²) in [5, 5.41) is 19.1. The van der Waals surface area contributed by atoms with Gasteiger partial charge in [0.15, 0.2) is 11.4 Å². The fraction of sp³-hybridized carbons (Fsp3) is 0.750. The van der Waals surface area contributed by atoms with E-state index in [1.54, 1.807) is 21.1 Å². The summed E-state index contributed by atoms with van der Waals surface area (Å²) in [7, 11) is 6.41. The lowest BCUT2D eigenvalue weighted by Crippen LogP contribution is -2.54. The van der Waals surface area contributed by atoms with Crippen LogP contribution >= 0.6 is 0 Å². The highest BCUT2D eigenvalue weighted by molar-refractivity contribution is 5.92. The van der Waals surface area contributed by atoms with Crippen molar-refractivity contribution in [3.63, 3.8) is 0 Å². The zero-order chi connectivity index (χ0) is 15.3. The molecule has 1 atom stereocenters. The Kier molecular flexibility index (Phi) is 6.11. The number of aliphatic carboxylic acids is 1. The number of aliphatic hydroxyl groups is 1. The van der Waals surface area contributed by atoms with E-state index < -0.39 is 29.7 Å². The van der Waals surface area contributed by atoms with Crippen molar-refractivity contribution in [2.24, 2.45) is 0 Å². The van der Waals surface area contributed by atoms with Gasteiger partial charge < -0.3 is 19.4 Å². The first-order valence-corrected chi connectivity index (χ1v) is 5.85. The summed E-state index contributed by atoms with van der Waals surface area (Å²) in [5.41, 5.74) is -1.97. The van der Waals surface area contributed by atoms with Crippen molar-refractivity contribution in [1.82, 2.24) is 0 Å². The van der Waals surface area contributed by atoms with Gasteiger partial charge in [-0.2, -0.15) is 0 Å². The zero-order valence-electron chi connectivity index (χ0n) is 11.8. The standard InChI is InChI=1S/C12H21NO6/c1-13(2,3)8-12(18,7-10(15)16)9(14)5-6-11(17)19-4/h18H,5-8H2,1-4H3/p+1. The number of ketones is 1. The van der Waals surface area contributed by atoms with E-state index in [9.17, 15) is 19.5 Å². The second kappa shape index (κ2) is 6.63. The SMILES string of the molecule is COC(=O)CCC(=O)C(O)(CC(=O)O)C[N+](C)(C)C. The molecule has 110 valence electrons. The Morgan fingerprint density at radius 3 is 2.05 bits per heavy atom. The van der Waals surface area contributed by atoms with E-state index in [1.165, 1.54) is 7.11 Å². The summed E-state index contributed by atoms with van der Waals surface area (Å²) < 4.78 is 4.63. The number of hydrogen-bond acceptors (Lipinski definition) is 5. The third-order valence-electron chi connectivity index (χ3n) is 2.48. The molecule has 0 aromatic carbocycles. The Bertz CT molecular complexity index is 360. The maximum atomic E-state index is 12.0. The molecule has 7 nitrogen and oxygen atoms in total. The minimum Gasteiger partial charge on any atom is -0.481 e. The number of Topliss-reactive ketones (excluding diaryl/α,β-unsaturated/α-hetero) is 1. The Morgan fingerprint density at radius 1 is 1.16 bits per heavy atom. The van der Waals surface area contributed by atoms with Crippen LogP contribution < -0.4 is 0 Å². The molecule has 0 aromatic heterocycles. The number of rotatable bonds is 8. The van der Waals surface area contributed by atoms with Gasteiger partial charge in [0.25, 0.3) is 0 Å². The average molecular weight is 276 g/mol. The second-order valence-corrected chi connectivity index (χ2v) is 5.55. The summed E-state index contributed by atoms with van der Waals surface area (Å²) in [4.78, 5) is 33.7. The summed E-state index contributed by atoms with van der Waals surface area (Å²) in [6, 6.07) is 0. The molecule has 1 unspecified atom stereocenters. The van der Waals surface area contributed by atoms with E-state index in [4.69, 9.17) is 5.11 Å². The third kappa shape index (κ3) is 6.88. The molecule has 7 heteroatoms. The Hall–Kier alpha value is -1.47. The fourth-order valence-corrected chi connectivity index (χ4v) is 1.83. The quantitative estimate of drug-likeness (QED) is 0.454. The van der Waals surface area contributed by atoms with Crippen LogP contribution in [-0.2, 0) is 19.1 Å². The first kappa shape index (κ1) is 17.5. The Morgan fingerprint density at radius 2 is 1.68 bits per heavy atom. The van der Waals surface area contributed by atoms with Gasteiger partial charge in [-0.1, -0.05) is 0 Å². The van der Waals surface area contributed by atoms with E-state index >= 15 is 0 Å². The van der Waals surface area contributed by atoms with Crippen molar-refractivity contribution in [2.45, 2.75) is 24.9 Å². The van der Waals surface area contributed by atoms with Crippen LogP contribution in [0.15, 0.2) is 0 Å². The number of carbonyl (C=O) groups is 3. The van der Waals surface area contributed by atoms with Crippen LogP contribution in [0.5, 0.6) is 0 Å². The highest BCUT2D eigenvalue weighted by Gasteiger charge is 2.42. The van der Waals surface area contributed by atoms with Crippen LogP contribution in [-0.4, -0.2) is 72.8 Å². The van der Waals surface area contributed by atoms with E-state index in [-0.39, 0.29) is 23.9 Å². The lowest BCUT2D eigenvalue weighted by Gasteiger charge is -2.33. The number of methoxy groups -OCH3 is 1. The van der Waals surface area contributed by atoms with E-state index in [0.29, 0.717) is 0 Å². The molecule has 0 fully saturated rings. The predicted octanol–water partition coefficient (Wildman–Crippen LogP) is -0.579. The zero-order valence-corrected chi connectivity index (χ0v) is 11.8. The minimum atomic E-state index is -1.97. The maximum absolute atomic E-state index is 12.0. The molecule has 0 amide bonds. The molecule has 0 aromatic rings. The monoisotopic (exact) mass is 276 g/mol. The first-order chi connectivity index (χ1) is 8.50. The molecular weight excluding hydrogens is 254 g/mol. The van der Waals surface area contributed by atoms with Crippen molar-refractivity contribution in [1.29, 1.82) is 0 Å². The van der Waals surface area contributed by atoms with Gasteiger partial charge in [-0.3, -0.25) is 14.4 Å². The molecule has 0 rings (SSSR count). The van der Waals surface area contributed by atoms with Crippen molar-refractivity contribution in [3.05, 3.63) is 0 Å². The molecule has 0 aliphatic rings. The molecule has 0 aliphatic heterocycles. The maximum Gasteiger partial charge on any atom is 0.306 e. The highest BCUT2D eigenvalue weighted by atomic mass is 16.5. The topological polar surface area (TPSA) is 101 Å². The number of esters is 1. The van der Waals surface area contributed by atoms with Crippen LogP contribution in [0.25, 0.3) is 0 Å². The molecular formula is C12H22NO6+. The van der Waals surface area contributed by atoms with Gasteiger partial charge in [0.1, 0.15) is 6.54 Å². The smallest absolute Gasteiger partial charge is 0.306 e. The van der Waals surface area contributed by atoms with Crippen LogP contribution in [0.3, 0.4) is 0 Å². The van der Waals surface area contributed by atoms with Crippen molar-refractivity contribution < 1.29 is 33.8 Å². The number of carbonyl (C=O) groups excluding carboxylic acids is 2. The van der Waals surface area contributed by atoms with Gasteiger partial charge in [0, 0.05) is 6.42 Å². The van der Waals surface area contributed by atoms with Crippen LogP contribution in [0.1, 0.15) is 19.3 Å². The van der Waals surface area contributed by atoms with Gasteiger partial charge in [-0.25, -0.2) is 0 Å². The first-order valence-electron chi connectivity index (χ1n) is 5.85. The molecule has 0 saturated heterocycles. The van der Waals surface area contributed by atoms with E-state index in [0.717, 1.165) is 0 Å². The number of nitrogens with zero attached hydrogens (tertiary/aromatic N) is 1. The summed E-state index contributed by atoms with van der Waals surface area (Å²) >= 11 is 0. The largest absolute Gasteiger partial charge is 0.481 e. The molecule has 0 heterocycles. The number of carboxylic acid groups (broad SMARTS) is 1. The summed E-state index contributed by atoms with van der Waals surface area (Å²) in [6.45, 7) is -0.0424. The minimum absolute atomic E-state index is 0.0424. The molecule has 0 aliphatic carbocycles. The normalized spacial score (nSPS) is 14.6. The van der Waals surface area contributed by atoms with Crippen molar-refractivity contribution in [3.8, 4) is 0 Å². The van der Waals surface area contributed by atoms with Crippen LogP contribution in [0, 0.1) is 0 Å². The van der Waals surface area contributed by atoms with Crippen LogP contribution in [0.2, 0.25) is 0 Å². The lowest BCUT2D eigenvalue weighted by atomic mass is 9.90. The molecule has 0 saturated carbocycles. The number of hydrogen-bond donors (Lipinski definition) is 2. The fourth-order valence-electron chi connectivity index (χ4n) is 1.83. The molecule has 0 radical (unpaired) electrons. The predicted molar refractivity (Wildman–Crippen MR) is 66.4 cm³/mol. The number of quaternary nitrogens is 1. The Labute approximate surface area is 112 Å². The number of likely N-dealkylation sites (N-methyl/N-ethyl adjacent to an activating group) is 1. The average Bonchev–Trinajstić information content (AvgIpc) is 2.21. The summed E-state index contributed by atoms with van der Waals surface area (Å²) in [5.74, 6) is -2.49. The van der Waals surface area contributed by atoms with Crippen molar-refractivity contribution in [2.75, 3.05) is 34.8 Å². The third-order valence-corrected chi connectivity index (χ3v) is 2.48. The lowest BCUT2D eigenvalue weighted by molar-refractivity contribution is -0.875. The van der Waals surface area contributed by atoms with Crippen molar-refractivity contribution >= 4 is 17.7 Å². The van der Waals surface area contributed by atoms with Gasteiger partial charge in [0.2, 0.25) is 0 Å². The van der Waals surface area contributed by atoms with Gasteiger partial charge in [0.05, 0.1) is 41.1 Å². The number of ether oxygens (including phenoxy) is 1.